The summed E-state index contributed by atoms with van der Waals surface area (Å²) in [6, 6.07) is 8.22. The number of phenolic OH excluding ortho intramolecular Hbond substituents is 2. The van der Waals surface area contributed by atoms with Crippen molar-refractivity contribution < 1.29 is 73.4 Å². The maximum atomic E-state index is 14.8. The molecular weight excluding hydrogens is 977 g/mol. The molecule has 2 bridgehead atoms. The van der Waals surface area contributed by atoms with Crippen molar-refractivity contribution in [2.45, 2.75) is 146 Å². The molecule has 0 spiro atoms. The predicted octanol–water partition coefficient (Wildman–Crippen LogP) is -1.32. The maximum absolute atomic E-state index is 14.8. The van der Waals surface area contributed by atoms with Gasteiger partial charge in [0.25, 0.3) is 0 Å². The van der Waals surface area contributed by atoms with Crippen LogP contribution in [0.5, 0.6) is 11.5 Å². The number of ether oxygens (including phenoxy) is 1. The van der Waals surface area contributed by atoms with E-state index in [-0.39, 0.29) is 50.0 Å². The van der Waals surface area contributed by atoms with Crippen LogP contribution in [0, 0.1) is 5.92 Å². The van der Waals surface area contributed by atoms with E-state index < -0.39 is 139 Å². The number of nitrogens with two attached hydrogens (primary N) is 1. The molecule has 2 fully saturated rings. The lowest BCUT2D eigenvalue weighted by atomic mass is 9.96. The molecule has 0 saturated carbocycles. The number of aliphatic hydroxyl groups excluding tert-OH is 3. The molecule has 3 aromatic carbocycles. The van der Waals surface area contributed by atoms with Gasteiger partial charge in [0.2, 0.25) is 47.3 Å². The van der Waals surface area contributed by atoms with E-state index in [0.29, 0.717) is 16.7 Å². The van der Waals surface area contributed by atoms with Gasteiger partial charge >= 0.3 is 5.97 Å². The Kier molecular flexibility index (Phi) is 20.6. The second-order valence-electron chi connectivity index (χ2n) is 19.1. The number of aliphatic hydroxyl groups is 3. The average Bonchev–Trinajstić information content (AvgIpc) is 3.37. The molecule has 2 aliphatic rings. The molecule has 0 radical (unpaired) electrons. The number of esters is 1. The Labute approximate surface area is 433 Å². The lowest BCUT2D eigenvalue weighted by molar-refractivity contribution is -0.170. The lowest BCUT2D eigenvalue weighted by Gasteiger charge is -2.43. The minimum atomic E-state index is -1.94. The zero-order valence-electron chi connectivity index (χ0n) is 42.4. The highest BCUT2D eigenvalue weighted by Gasteiger charge is 2.47. The molecule has 2 saturated heterocycles. The molecule has 23 nitrogen and oxygen atoms in total. The van der Waals surface area contributed by atoms with Crippen LogP contribution in [0.1, 0.15) is 76.5 Å². The Bertz CT molecular complexity index is 2510. The second-order valence-corrected chi connectivity index (χ2v) is 19.1. The van der Waals surface area contributed by atoms with E-state index in [9.17, 15) is 68.7 Å². The number of aromatic hydroxyl groups is 2. The van der Waals surface area contributed by atoms with Crippen LogP contribution in [0.25, 0.3) is 0 Å². The summed E-state index contributed by atoms with van der Waals surface area (Å²) in [5.41, 5.74) is 6.80. The topological polar surface area (TPSA) is 357 Å². The molecule has 5 rings (SSSR count). The van der Waals surface area contributed by atoms with Gasteiger partial charge in [0, 0.05) is 32.7 Å². The number of carbonyl (C=O) groups excluding carboxylic acids is 9. The molecule has 12 N–H and O–H groups in total. The number of amides is 8. The summed E-state index contributed by atoms with van der Waals surface area (Å²) in [7, 11) is 1.26. The fourth-order valence-corrected chi connectivity index (χ4v) is 8.80. The number of likely N-dealkylation sites (N-methyl/N-ethyl adjacent to an activating group) is 1. The Morgan fingerprint density at radius 3 is 1.96 bits per heavy atom. The highest BCUT2D eigenvalue weighted by atomic mass is 16.5. The maximum Gasteiger partial charge on any atom is 0.329 e. The fraction of sp³-hybridized carbons (Fsp3) is 0.481. The second kappa shape index (κ2) is 26.5. The quantitative estimate of drug-likeness (QED) is 0.0742. The summed E-state index contributed by atoms with van der Waals surface area (Å²) in [6.45, 7) is 5.79. The zero-order chi connectivity index (χ0) is 55.3. The van der Waals surface area contributed by atoms with Gasteiger partial charge in [-0.15, -0.1) is 0 Å². The zero-order valence-corrected chi connectivity index (χ0v) is 42.4. The van der Waals surface area contributed by atoms with Crippen LogP contribution >= 0.6 is 0 Å². The number of hydrogen-bond donors (Lipinski definition) is 11. The van der Waals surface area contributed by atoms with Crippen molar-refractivity contribution in [2.24, 2.45) is 11.7 Å². The minimum Gasteiger partial charge on any atom is -0.508 e. The van der Waals surface area contributed by atoms with Crippen LogP contribution in [0.2, 0.25) is 0 Å². The number of rotatable bonds is 16. The largest absolute Gasteiger partial charge is 0.508 e. The first-order valence-corrected chi connectivity index (χ1v) is 24.7. The first kappa shape index (κ1) is 58.3. The number of phenols is 2. The summed E-state index contributed by atoms with van der Waals surface area (Å²) in [5, 5.41) is 65.8. The van der Waals surface area contributed by atoms with Crippen LogP contribution in [0.4, 0.5) is 0 Å². The van der Waals surface area contributed by atoms with Gasteiger partial charge in [-0.05, 0) is 80.0 Å². The van der Waals surface area contributed by atoms with E-state index in [4.69, 9.17) is 10.5 Å². The normalized spacial score (nSPS) is 24.9. The monoisotopic (exact) mass is 1040 g/mol. The molecule has 0 aromatic heterocycles. The van der Waals surface area contributed by atoms with Crippen molar-refractivity contribution in [1.82, 2.24) is 36.4 Å². The molecule has 2 heterocycles. The van der Waals surface area contributed by atoms with Gasteiger partial charge < -0.3 is 72.4 Å². The van der Waals surface area contributed by atoms with Crippen molar-refractivity contribution in [3.63, 3.8) is 0 Å². The van der Waals surface area contributed by atoms with Crippen molar-refractivity contribution in [3.05, 3.63) is 95.6 Å². The van der Waals surface area contributed by atoms with E-state index in [1.54, 1.807) is 44.2 Å². The summed E-state index contributed by atoms with van der Waals surface area (Å²) < 4.78 is 5.91. The third-order valence-corrected chi connectivity index (χ3v) is 13.4. The van der Waals surface area contributed by atoms with Gasteiger partial charge in [-0.1, -0.05) is 74.9 Å². The Hall–Kier alpha value is -7.63. The number of benzene rings is 3. The number of nitrogens with one attached hydrogen (secondary N) is 5. The first-order chi connectivity index (χ1) is 35.5. The van der Waals surface area contributed by atoms with E-state index in [1.807, 2.05) is 0 Å². The summed E-state index contributed by atoms with van der Waals surface area (Å²) in [4.78, 5) is 129. The van der Waals surface area contributed by atoms with Crippen LogP contribution < -0.4 is 32.3 Å². The molecule has 8 amide bonds. The number of piperidine rings is 1. The molecule has 3 aromatic rings. The van der Waals surface area contributed by atoms with Crippen molar-refractivity contribution in [3.8, 4) is 11.5 Å². The average molecular weight is 1050 g/mol. The Morgan fingerprint density at radius 2 is 1.37 bits per heavy atom. The Balaban J connectivity index is 1.60. The standard InChI is InChI=1S/C52H68N8O15/c1-6-27(2)42-52(74)75-29(4)43(58-45(67)35(20-22-40(53)65)54-48(70)39(64)26-32-14-18-34(63)19-15-32)49(71)56-37(24-31-12-16-33(62)17-13-31)46(68)55-36-21-23-41(66)60(50(36)72)44(28(3)61)51(73)59(5)38(47(69)57-42)25-30-10-8-7-9-11-30/h7-19,27-29,35-39,41-44,61-64,66H,6,20-26H2,1-5H3,(H2,53,65)(H,54,70)(H,55,68)(H,56,71)(H,57,69)(H,58,67)/t27-,28+,29+,35+,36-,37-,38-,39+,41+,42-,43-,44-/m0/s1. The van der Waals surface area contributed by atoms with Crippen molar-refractivity contribution >= 4 is 53.2 Å². The van der Waals surface area contributed by atoms with Gasteiger partial charge in [-0.3, -0.25) is 38.4 Å². The van der Waals surface area contributed by atoms with Gasteiger partial charge in [0.1, 0.15) is 72.2 Å². The number of cyclic esters (lactones) is 1. The SMILES string of the molecule is CC[C@H](C)[C@@H]1NC(=O)[C@H](Cc2ccccc2)N(C)C(=O)[C@H]([C@@H](C)O)N2C(=O)[C@H](CC[C@H]2O)NC(=O)[C@H](Cc2ccc(O)cc2)NC(=O)[C@@H](NC(=O)[C@@H](CCC(N)=O)NC(=O)[C@H](O)Cc2ccc(O)cc2)[C@@H](C)OC1=O. The van der Waals surface area contributed by atoms with E-state index >= 15 is 0 Å². The van der Waals surface area contributed by atoms with Gasteiger partial charge in [-0.2, -0.15) is 0 Å². The smallest absolute Gasteiger partial charge is 0.329 e. The van der Waals surface area contributed by atoms with Crippen LogP contribution in [-0.4, -0.2) is 162 Å². The summed E-state index contributed by atoms with van der Waals surface area (Å²) >= 11 is 0. The molecule has 75 heavy (non-hydrogen) atoms. The third kappa shape index (κ3) is 15.7. The number of fused-ring (bicyclic) bond motifs is 2. The number of hydrogen-bond acceptors (Lipinski definition) is 15. The number of nitrogens with zero attached hydrogens (tertiary/aromatic N) is 2. The van der Waals surface area contributed by atoms with Crippen molar-refractivity contribution in [2.75, 3.05) is 7.05 Å². The third-order valence-electron chi connectivity index (χ3n) is 13.4. The van der Waals surface area contributed by atoms with Crippen LogP contribution in [-0.2, 0) is 67.2 Å². The molecular formula is C52H68N8O15. The highest BCUT2D eigenvalue weighted by Crippen LogP contribution is 2.25. The molecule has 2 aliphatic heterocycles. The summed E-state index contributed by atoms with van der Waals surface area (Å²) in [6.07, 6.45) is -8.50. The predicted molar refractivity (Wildman–Crippen MR) is 267 cm³/mol. The van der Waals surface area contributed by atoms with Crippen molar-refractivity contribution in [1.29, 1.82) is 0 Å². The minimum absolute atomic E-state index is 0.0664. The van der Waals surface area contributed by atoms with Gasteiger partial charge in [0.05, 0.1) is 6.10 Å². The number of carbonyl (C=O) groups is 9. The van der Waals surface area contributed by atoms with Gasteiger partial charge in [0.15, 0.2) is 0 Å². The molecule has 0 unspecified atom stereocenters. The van der Waals surface area contributed by atoms with Crippen LogP contribution in [0.15, 0.2) is 78.9 Å². The molecule has 12 atom stereocenters. The molecule has 0 aliphatic carbocycles. The fourth-order valence-electron chi connectivity index (χ4n) is 8.80. The number of primary amides is 1. The van der Waals surface area contributed by atoms with Gasteiger partial charge in [-0.25, -0.2) is 4.79 Å². The highest BCUT2D eigenvalue weighted by molar-refractivity contribution is 5.99. The Morgan fingerprint density at radius 1 is 0.773 bits per heavy atom. The van der Waals surface area contributed by atoms with Crippen LogP contribution in [0.3, 0.4) is 0 Å². The summed E-state index contributed by atoms with van der Waals surface area (Å²) in [5.74, 6) is -10.1. The first-order valence-electron chi connectivity index (χ1n) is 24.7. The van der Waals surface area contributed by atoms with E-state index in [1.165, 1.54) is 69.4 Å². The molecule has 406 valence electrons. The van der Waals surface area contributed by atoms with E-state index in [2.05, 4.69) is 26.6 Å². The lowest BCUT2D eigenvalue weighted by Crippen LogP contribution is -2.67. The molecule has 23 heteroatoms. The van der Waals surface area contributed by atoms with E-state index in [0.717, 1.165) is 9.80 Å².